The topological polar surface area (TPSA) is 105 Å². The molecule has 2 heterocycles. The number of aromatic nitrogens is 2. The molecule has 1 amide bonds. The lowest BCUT2D eigenvalue weighted by Gasteiger charge is -2.39. The van der Waals surface area contributed by atoms with Crippen molar-refractivity contribution in [1.82, 2.24) is 14.7 Å². The van der Waals surface area contributed by atoms with Crippen LogP contribution in [0, 0.1) is 18.3 Å². The Morgan fingerprint density at radius 3 is 2.42 bits per heavy atom. The summed E-state index contributed by atoms with van der Waals surface area (Å²) >= 11 is 5.97. The summed E-state index contributed by atoms with van der Waals surface area (Å²) in [5, 5.41) is 17.5. The summed E-state index contributed by atoms with van der Waals surface area (Å²) in [6.45, 7) is 6.58. The molecule has 212 valence electrons. The predicted octanol–water partition coefficient (Wildman–Crippen LogP) is 4.88. The number of amides is 1. The average molecular weight is 567 g/mol. The number of hydrogen-bond acceptors (Lipinski definition) is 8. The van der Waals surface area contributed by atoms with Gasteiger partial charge in [-0.3, -0.25) is 10.2 Å². The number of carbonyl (C=O) groups excluding carboxylic acids is 1. The normalized spacial score (nSPS) is 13.8. The van der Waals surface area contributed by atoms with Crippen LogP contribution in [0.15, 0.2) is 48.7 Å². The van der Waals surface area contributed by atoms with E-state index in [0.717, 1.165) is 50.4 Å². The number of anilines is 2. The Hall–Kier alpha value is -3.62. The zero-order chi connectivity index (χ0) is 28.5. The number of rotatable bonds is 11. The molecule has 0 unspecified atom stereocenters. The van der Waals surface area contributed by atoms with Crippen molar-refractivity contribution in [3.63, 3.8) is 0 Å². The zero-order valence-electron chi connectivity index (χ0n) is 23.1. The van der Waals surface area contributed by atoms with Crippen LogP contribution in [0.4, 0.5) is 16.2 Å². The fraction of sp³-hybridized carbons (Fsp3) is 0.414. The van der Waals surface area contributed by atoms with Gasteiger partial charge < -0.3 is 19.1 Å². The molecular weight excluding hydrogens is 532 g/mol. The molecule has 1 saturated heterocycles. The van der Waals surface area contributed by atoms with Crippen molar-refractivity contribution in [2.24, 2.45) is 0 Å². The van der Waals surface area contributed by atoms with E-state index in [1.165, 1.54) is 6.20 Å². The molecule has 0 spiro atoms. The van der Waals surface area contributed by atoms with E-state index >= 15 is 0 Å². The molecule has 0 radical (unpaired) electrons. The maximum absolute atomic E-state index is 12.7. The Balaban J connectivity index is 1.36. The van der Waals surface area contributed by atoms with Crippen molar-refractivity contribution in [2.45, 2.75) is 25.8 Å². The van der Waals surface area contributed by atoms with Gasteiger partial charge in [-0.1, -0.05) is 11.6 Å². The molecule has 0 saturated carbocycles. The molecule has 3 aromatic rings. The lowest BCUT2D eigenvalue weighted by molar-refractivity contribution is 0.0787. The van der Waals surface area contributed by atoms with Crippen LogP contribution in [0.1, 0.15) is 24.1 Å². The van der Waals surface area contributed by atoms with Gasteiger partial charge in [-0.25, -0.2) is 9.48 Å². The smallest absolute Gasteiger partial charge is 0.406 e. The number of benzene rings is 2. The van der Waals surface area contributed by atoms with Crippen molar-refractivity contribution in [2.75, 3.05) is 63.8 Å². The van der Waals surface area contributed by atoms with Gasteiger partial charge in [0.1, 0.15) is 6.07 Å². The summed E-state index contributed by atoms with van der Waals surface area (Å²) in [5.74, 6) is 0.331. The summed E-state index contributed by atoms with van der Waals surface area (Å²) in [6, 6.07) is 15.3. The molecule has 1 aromatic heterocycles. The monoisotopic (exact) mass is 566 g/mol. The van der Waals surface area contributed by atoms with Crippen LogP contribution in [-0.4, -0.2) is 80.4 Å². The molecule has 10 nitrogen and oxygen atoms in total. The highest BCUT2D eigenvalue weighted by Crippen LogP contribution is 2.28. The first-order chi connectivity index (χ1) is 19.4. The Morgan fingerprint density at radius 2 is 1.80 bits per heavy atom. The highest BCUT2D eigenvalue weighted by molar-refractivity contribution is 6.30. The second kappa shape index (κ2) is 14.1. The molecule has 1 aliphatic rings. The number of nitrogens with one attached hydrogen (secondary N) is 1. The van der Waals surface area contributed by atoms with Crippen LogP contribution < -0.4 is 15.0 Å². The number of ether oxygens (including phenoxy) is 3. The third kappa shape index (κ3) is 7.31. The number of carbonyl (C=O) groups is 1. The number of nitrogens with zero attached hydrogens (tertiary/aromatic N) is 5. The Kier molecular flexibility index (Phi) is 10.4. The van der Waals surface area contributed by atoms with Crippen molar-refractivity contribution in [1.29, 1.82) is 5.26 Å². The Morgan fingerprint density at radius 1 is 1.12 bits per heavy atom. The Bertz CT molecular complexity index is 1310. The van der Waals surface area contributed by atoms with E-state index in [0.29, 0.717) is 47.0 Å². The van der Waals surface area contributed by atoms with Crippen LogP contribution in [-0.2, 0) is 9.47 Å². The van der Waals surface area contributed by atoms with Crippen LogP contribution >= 0.6 is 11.6 Å². The molecule has 0 aliphatic carbocycles. The van der Waals surface area contributed by atoms with E-state index in [1.54, 1.807) is 43.2 Å². The quantitative estimate of drug-likeness (QED) is 0.350. The van der Waals surface area contributed by atoms with Gasteiger partial charge in [-0.2, -0.15) is 10.4 Å². The third-order valence-electron chi connectivity index (χ3n) is 7.09. The molecule has 4 rings (SSSR count). The highest BCUT2D eigenvalue weighted by atomic mass is 35.5. The third-order valence-corrected chi connectivity index (χ3v) is 7.34. The van der Waals surface area contributed by atoms with E-state index in [2.05, 4.69) is 26.3 Å². The minimum atomic E-state index is -0.664. The van der Waals surface area contributed by atoms with Gasteiger partial charge in [0.2, 0.25) is 0 Å². The summed E-state index contributed by atoms with van der Waals surface area (Å²) in [5.41, 5.74) is 3.30. The van der Waals surface area contributed by atoms with Crippen molar-refractivity contribution >= 4 is 29.1 Å². The van der Waals surface area contributed by atoms with Crippen LogP contribution in [0.5, 0.6) is 5.75 Å². The molecule has 1 N–H and O–H groups in total. The maximum atomic E-state index is 12.7. The van der Waals surface area contributed by atoms with E-state index < -0.39 is 6.09 Å². The fourth-order valence-electron chi connectivity index (χ4n) is 4.93. The summed E-state index contributed by atoms with van der Waals surface area (Å²) < 4.78 is 17.8. The van der Waals surface area contributed by atoms with Gasteiger partial charge in [-0.15, -0.1) is 0 Å². The highest BCUT2D eigenvalue weighted by Gasteiger charge is 2.26. The maximum Gasteiger partial charge on any atom is 0.417 e. The van der Waals surface area contributed by atoms with E-state index in [9.17, 15) is 10.1 Å². The first-order valence-corrected chi connectivity index (χ1v) is 13.6. The molecule has 11 heteroatoms. The SMILES string of the molecule is COCCN(CCOC)C1CCN(c2ccc(NC(=O)Oc3cnn(-c4ccc(Cl)cc4)c3C)cc2C#N)CC1. The number of nitriles is 1. The standard InChI is InChI=1S/C29H35ClN6O4/c1-21-28(20-32-36(21)26-7-4-23(30)5-8-26)40-29(37)33-24-6-9-27(22(18-24)19-31)35-12-10-25(11-13-35)34(14-16-38-2)15-17-39-3/h4-9,18,20,25H,10-17H2,1-3H3,(H,33,37). The van der Waals surface area contributed by atoms with Gasteiger partial charge >= 0.3 is 6.09 Å². The fourth-order valence-corrected chi connectivity index (χ4v) is 5.05. The molecular formula is C29H35ClN6O4. The van der Waals surface area contributed by atoms with Gasteiger partial charge in [0.25, 0.3) is 0 Å². The summed E-state index contributed by atoms with van der Waals surface area (Å²) in [7, 11) is 3.44. The van der Waals surface area contributed by atoms with Crippen molar-refractivity contribution in [3.05, 3.63) is 64.9 Å². The van der Waals surface area contributed by atoms with Gasteiger partial charge in [0.05, 0.1) is 42.0 Å². The molecule has 0 atom stereocenters. The van der Waals surface area contributed by atoms with Gasteiger partial charge in [0.15, 0.2) is 5.75 Å². The second-order valence-corrected chi connectivity index (χ2v) is 10.0. The second-order valence-electron chi connectivity index (χ2n) is 9.58. The molecule has 40 heavy (non-hydrogen) atoms. The van der Waals surface area contributed by atoms with E-state index in [4.69, 9.17) is 25.8 Å². The van der Waals surface area contributed by atoms with E-state index in [-0.39, 0.29) is 0 Å². The number of methoxy groups -OCH3 is 2. The first-order valence-electron chi connectivity index (χ1n) is 13.2. The van der Waals surface area contributed by atoms with Crippen LogP contribution in [0.25, 0.3) is 5.69 Å². The number of halogens is 1. The van der Waals surface area contributed by atoms with Crippen LogP contribution in [0.2, 0.25) is 5.02 Å². The summed E-state index contributed by atoms with van der Waals surface area (Å²) in [6.07, 6.45) is 2.78. The average Bonchev–Trinajstić information content (AvgIpc) is 3.33. The largest absolute Gasteiger partial charge is 0.417 e. The number of hydrogen-bond donors (Lipinski definition) is 1. The minimum absolute atomic E-state index is 0.331. The molecule has 1 fully saturated rings. The lowest BCUT2D eigenvalue weighted by atomic mass is 10.0. The van der Waals surface area contributed by atoms with Crippen molar-refractivity contribution in [3.8, 4) is 17.5 Å². The molecule has 2 aromatic carbocycles. The first kappa shape index (κ1) is 29.4. The van der Waals surface area contributed by atoms with Crippen LogP contribution in [0.3, 0.4) is 0 Å². The lowest BCUT2D eigenvalue weighted by Crippen LogP contribution is -2.47. The minimum Gasteiger partial charge on any atom is -0.406 e. The predicted molar refractivity (Wildman–Crippen MR) is 155 cm³/mol. The Labute approximate surface area is 240 Å². The van der Waals surface area contributed by atoms with Gasteiger partial charge in [0, 0.05) is 57.2 Å². The zero-order valence-corrected chi connectivity index (χ0v) is 23.9. The molecule has 0 bridgehead atoms. The van der Waals surface area contributed by atoms with E-state index in [1.807, 2.05) is 25.1 Å². The van der Waals surface area contributed by atoms with Crippen molar-refractivity contribution < 1.29 is 19.0 Å². The number of piperidine rings is 1. The summed E-state index contributed by atoms with van der Waals surface area (Å²) in [4.78, 5) is 17.3. The van der Waals surface area contributed by atoms with Gasteiger partial charge in [-0.05, 0) is 62.2 Å². The molecule has 1 aliphatic heterocycles.